The molecule has 3 heteroatoms. The Morgan fingerprint density at radius 2 is 1.69 bits per heavy atom. The van der Waals surface area contributed by atoms with Gasteiger partial charge in [-0.15, -0.1) is 0 Å². The van der Waals surface area contributed by atoms with Crippen LogP contribution in [0, 0.1) is 17.8 Å². The molecule has 0 N–H and O–H groups in total. The molecule has 16 heavy (non-hydrogen) atoms. The highest BCUT2D eigenvalue weighted by Crippen LogP contribution is 2.35. The predicted octanol–water partition coefficient (Wildman–Crippen LogP) is 2.58. The first kappa shape index (κ1) is 13.2. The Labute approximate surface area is 97.5 Å². The molecular formula is C13H22O3. The molecule has 0 spiro atoms. The Kier molecular flexibility index (Phi) is 4.51. The molecule has 0 saturated heterocycles. The Morgan fingerprint density at radius 1 is 1.12 bits per heavy atom. The van der Waals surface area contributed by atoms with E-state index in [-0.39, 0.29) is 24.3 Å². The minimum atomic E-state index is -0.370. The van der Waals surface area contributed by atoms with Crippen molar-refractivity contribution in [2.75, 3.05) is 0 Å². The van der Waals surface area contributed by atoms with Crippen LogP contribution in [0.1, 0.15) is 47.0 Å². The first-order valence-electron chi connectivity index (χ1n) is 6.10. The van der Waals surface area contributed by atoms with Crippen LogP contribution in [-0.4, -0.2) is 17.9 Å². The molecule has 0 amide bonds. The first-order valence-corrected chi connectivity index (χ1v) is 6.10. The van der Waals surface area contributed by atoms with Gasteiger partial charge in [-0.1, -0.05) is 20.8 Å². The minimum absolute atomic E-state index is 0.0180. The van der Waals surface area contributed by atoms with Crippen LogP contribution in [0.15, 0.2) is 0 Å². The maximum atomic E-state index is 11.5. The quantitative estimate of drug-likeness (QED) is 0.548. The van der Waals surface area contributed by atoms with Gasteiger partial charge in [-0.05, 0) is 37.5 Å². The third kappa shape index (κ3) is 3.32. The maximum absolute atomic E-state index is 11.5. The third-order valence-electron chi connectivity index (χ3n) is 3.71. The number of Topliss-reactive ketones (excluding diaryl/α,β-unsaturated/α-hetero) is 1. The highest BCUT2D eigenvalue weighted by molar-refractivity contribution is 5.94. The number of esters is 1. The lowest BCUT2D eigenvalue weighted by atomic mass is 9.74. The summed E-state index contributed by atoms with van der Waals surface area (Å²) in [5, 5.41) is 0. The standard InChI is InChI=1S/C13H22O3/c1-8-5-6-9(2)13(11(8)4)16-12(15)7-10(3)14/h8-9,11,13H,5-7H2,1-4H3. The fraction of sp³-hybridized carbons (Fsp3) is 0.846. The Hall–Kier alpha value is -0.860. The van der Waals surface area contributed by atoms with Crippen LogP contribution in [0.2, 0.25) is 0 Å². The number of rotatable bonds is 3. The van der Waals surface area contributed by atoms with Crippen molar-refractivity contribution in [2.24, 2.45) is 17.8 Å². The molecule has 0 aromatic heterocycles. The molecule has 0 bridgehead atoms. The summed E-state index contributed by atoms with van der Waals surface area (Å²) in [6.45, 7) is 7.86. The second-order valence-electron chi connectivity index (χ2n) is 5.22. The van der Waals surface area contributed by atoms with Gasteiger partial charge in [0.25, 0.3) is 0 Å². The van der Waals surface area contributed by atoms with E-state index < -0.39 is 0 Å². The van der Waals surface area contributed by atoms with Gasteiger partial charge in [-0.25, -0.2) is 0 Å². The molecule has 0 aromatic carbocycles. The number of ketones is 1. The molecule has 0 aliphatic heterocycles. The largest absolute Gasteiger partial charge is 0.461 e. The van der Waals surface area contributed by atoms with Gasteiger partial charge in [-0.3, -0.25) is 9.59 Å². The molecule has 3 nitrogen and oxygen atoms in total. The number of hydrogen-bond acceptors (Lipinski definition) is 3. The second-order valence-corrected chi connectivity index (χ2v) is 5.22. The molecule has 0 heterocycles. The molecule has 0 aromatic rings. The lowest BCUT2D eigenvalue weighted by Gasteiger charge is -2.38. The molecular weight excluding hydrogens is 204 g/mol. The van der Waals surface area contributed by atoms with Crippen molar-refractivity contribution >= 4 is 11.8 Å². The van der Waals surface area contributed by atoms with Crippen molar-refractivity contribution in [3.8, 4) is 0 Å². The van der Waals surface area contributed by atoms with Crippen LogP contribution in [0.25, 0.3) is 0 Å². The van der Waals surface area contributed by atoms with Crippen LogP contribution >= 0.6 is 0 Å². The van der Waals surface area contributed by atoms with E-state index in [0.29, 0.717) is 17.8 Å². The summed E-state index contributed by atoms with van der Waals surface area (Å²) in [6, 6.07) is 0. The summed E-state index contributed by atoms with van der Waals surface area (Å²) in [5.41, 5.74) is 0. The zero-order valence-electron chi connectivity index (χ0n) is 10.7. The first-order chi connectivity index (χ1) is 7.41. The summed E-state index contributed by atoms with van der Waals surface area (Å²) < 4.78 is 5.44. The van der Waals surface area contributed by atoms with Crippen molar-refractivity contribution in [1.82, 2.24) is 0 Å². The molecule has 1 saturated carbocycles. The zero-order chi connectivity index (χ0) is 12.3. The van der Waals surface area contributed by atoms with Gasteiger partial charge in [0.15, 0.2) is 0 Å². The lowest BCUT2D eigenvalue weighted by molar-refractivity contribution is -0.159. The predicted molar refractivity (Wildman–Crippen MR) is 61.9 cm³/mol. The van der Waals surface area contributed by atoms with Gasteiger partial charge in [0.05, 0.1) is 0 Å². The Balaban J connectivity index is 2.56. The van der Waals surface area contributed by atoms with Crippen molar-refractivity contribution in [3.63, 3.8) is 0 Å². The topological polar surface area (TPSA) is 43.4 Å². The number of carbonyl (C=O) groups is 2. The van der Waals surface area contributed by atoms with E-state index in [1.165, 1.54) is 13.3 Å². The average Bonchev–Trinajstić information content (AvgIpc) is 2.17. The van der Waals surface area contributed by atoms with Gasteiger partial charge in [-0.2, -0.15) is 0 Å². The van der Waals surface area contributed by atoms with Crippen molar-refractivity contribution < 1.29 is 14.3 Å². The van der Waals surface area contributed by atoms with E-state index in [2.05, 4.69) is 20.8 Å². The SMILES string of the molecule is CC(=O)CC(=O)OC1C(C)CCC(C)C1C. The fourth-order valence-electron chi connectivity index (χ4n) is 2.42. The maximum Gasteiger partial charge on any atom is 0.313 e. The number of carbonyl (C=O) groups excluding carboxylic acids is 2. The summed E-state index contributed by atoms with van der Waals surface area (Å²) in [6.07, 6.45) is 2.19. The Bertz CT molecular complexity index is 272. The van der Waals surface area contributed by atoms with Crippen LogP contribution in [0.3, 0.4) is 0 Å². The number of hydrogen-bond donors (Lipinski definition) is 0. The normalized spacial score (nSPS) is 34.5. The number of ether oxygens (including phenoxy) is 1. The summed E-state index contributed by atoms with van der Waals surface area (Å²) in [5.74, 6) is 0.882. The summed E-state index contributed by atoms with van der Waals surface area (Å²) >= 11 is 0. The smallest absolute Gasteiger partial charge is 0.313 e. The zero-order valence-corrected chi connectivity index (χ0v) is 10.7. The van der Waals surface area contributed by atoms with Crippen LogP contribution in [0.5, 0.6) is 0 Å². The molecule has 1 fully saturated rings. The van der Waals surface area contributed by atoms with Gasteiger partial charge in [0.2, 0.25) is 0 Å². The third-order valence-corrected chi connectivity index (χ3v) is 3.71. The molecule has 0 radical (unpaired) electrons. The molecule has 1 aliphatic rings. The summed E-state index contributed by atoms with van der Waals surface area (Å²) in [4.78, 5) is 22.3. The highest BCUT2D eigenvalue weighted by Gasteiger charge is 2.35. The van der Waals surface area contributed by atoms with E-state index in [0.717, 1.165) is 6.42 Å². The van der Waals surface area contributed by atoms with Gasteiger partial charge >= 0.3 is 5.97 Å². The Morgan fingerprint density at radius 3 is 2.25 bits per heavy atom. The highest BCUT2D eigenvalue weighted by atomic mass is 16.5. The van der Waals surface area contributed by atoms with E-state index in [1.54, 1.807) is 0 Å². The van der Waals surface area contributed by atoms with Crippen LogP contribution < -0.4 is 0 Å². The average molecular weight is 226 g/mol. The minimum Gasteiger partial charge on any atom is -0.461 e. The van der Waals surface area contributed by atoms with Gasteiger partial charge < -0.3 is 4.74 Å². The monoisotopic (exact) mass is 226 g/mol. The molecule has 92 valence electrons. The molecule has 1 rings (SSSR count). The van der Waals surface area contributed by atoms with E-state index >= 15 is 0 Å². The van der Waals surface area contributed by atoms with E-state index in [4.69, 9.17) is 4.74 Å². The molecule has 1 aliphatic carbocycles. The van der Waals surface area contributed by atoms with Crippen molar-refractivity contribution in [3.05, 3.63) is 0 Å². The van der Waals surface area contributed by atoms with Crippen LogP contribution in [-0.2, 0) is 14.3 Å². The van der Waals surface area contributed by atoms with Crippen LogP contribution in [0.4, 0.5) is 0 Å². The van der Waals surface area contributed by atoms with E-state index in [1.807, 2.05) is 0 Å². The fourth-order valence-corrected chi connectivity index (χ4v) is 2.42. The molecule has 4 unspecified atom stereocenters. The summed E-state index contributed by atoms with van der Waals surface area (Å²) in [7, 11) is 0. The van der Waals surface area contributed by atoms with Crippen molar-refractivity contribution in [1.29, 1.82) is 0 Å². The molecule has 4 atom stereocenters. The van der Waals surface area contributed by atoms with Gasteiger partial charge in [0, 0.05) is 0 Å². The van der Waals surface area contributed by atoms with Crippen molar-refractivity contribution in [2.45, 2.75) is 53.1 Å². The second kappa shape index (κ2) is 5.46. The lowest BCUT2D eigenvalue weighted by Crippen LogP contribution is -2.39. The van der Waals surface area contributed by atoms with E-state index in [9.17, 15) is 9.59 Å². The van der Waals surface area contributed by atoms with Gasteiger partial charge in [0.1, 0.15) is 18.3 Å².